The van der Waals surface area contributed by atoms with Crippen LogP contribution in [0.3, 0.4) is 0 Å². The first-order chi connectivity index (χ1) is 14.0. The van der Waals surface area contributed by atoms with Crippen LogP contribution in [-0.4, -0.2) is 57.5 Å². The molecule has 1 saturated heterocycles. The molecule has 0 amide bonds. The summed E-state index contributed by atoms with van der Waals surface area (Å²) in [5.74, 6) is 1.86. The normalized spacial score (nSPS) is 15.3. The maximum Gasteiger partial charge on any atom is 0.146 e. The molecular weight excluding hydrogens is 384 g/mol. The van der Waals surface area contributed by atoms with Gasteiger partial charge in [0.1, 0.15) is 16.5 Å². The fourth-order valence-electron chi connectivity index (χ4n) is 3.79. The molecule has 3 aromatic heterocycles. The monoisotopic (exact) mass is 414 g/mol. The van der Waals surface area contributed by atoms with E-state index in [1.165, 1.54) is 21.5 Å². The molecule has 0 atom stereocenters. The average Bonchev–Trinajstić information content (AvgIpc) is 3.17. The Morgan fingerprint density at radius 1 is 1.14 bits per heavy atom. The molecule has 0 aromatic carbocycles. The molecule has 1 aliphatic heterocycles. The highest BCUT2D eigenvalue weighted by Crippen LogP contribution is 2.33. The highest BCUT2D eigenvalue weighted by Gasteiger charge is 2.17. The maximum atomic E-state index is 5.46. The van der Waals surface area contributed by atoms with Crippen molar-refractivity contribution in [3.8, 4) is 0 Å². The summed E-state index contributed by atoms with van der Waals surface area (Å²) in [5.41, 5.74) is 3.57. The van der Waals surface area contributed by atoms with Gasteiger partial charge in [0.2, 0.25) is 0 Å². The number of aromatic nitrogens is 4. The molecule has 1 fully saturated rings. The van der Waals surface area contributed by atoms with Crippen LogP contribution in [0.2, 0.25) is 0 Å². The van der Waals surface area contributed by atoms with Crippen LogP contribution in [0.4, 0.5) is 5.82 Å². The van der Waals surface area contributed by atoms with Crippen molar-refractivity contribution < 1.29 is 4.74 Å². The van der Waals surface area contributed by atoms with Crippen LogP contribution in [0.25, 0.3) is 10.2 Å². The number of aryl methyl sites for hydroxylation is 5. The number of fused-ring (bicyclic) bond motifs is 1. The molecule has 0 radical (unpaired) electrons. The second kappa shape index (κ2) is 8.77. The van der Waals surface area contributed by atoms with Gasteiger partial charge in [0.15, 0.2) is 0 Å². The molecule has 0 unspecified atom stereocenters. The summed E-state index contributed by atoms with van der Waals surface area (Å²) in [5, 5.41) is 9.31. The number of morpholine rings is 1. The fraction of sp³-hybridized carbons (Fsp3) is 0.571. The minimum absolute atomic E-state index is 0.774. The van der Waals surface area contributed by atoms with E-state index >= 15 is 0 Å². The summed E-state index contributed by atoms with van der Waals surface area (Å²) in [6.45, 7) is 14.5. The van der Waals surface area contributed by atoms with E-state index in [1.54, 1.807) is 11.3 Å². The molecule has 8 heteroatoms. The molecule has 1 N–H and O–H groups in total. The lowest BCUT2D eigenvalue weighted by Gasteiger charge is -2.25. The van der Waals surface area contributed by atoms with Gasteiger partial charge in [0.25, 0.3) is 0 Å². The van der Waals surface area contributed by atoms with Gasteiger partial charge in [-0.15, -0.1) is 11.3 Å². The third-order valence-electron chi connectivity index (χ3n) is 5.49. The number of hydrogen-bond donors (Lipinski definition) is 1. The Morgan fingerprint density at radius 2 is 1.93 bits per heavy atom. The van der Waals surface area contributed by atoms with Crippen molar-refractivity contribution in [2.45, 2.75) is 47.2 Å². The minimum atomic E-state index is 0.774. The van der Waals surface area contributed by atoms with Gasteiger partial charge in [-0.25, -0.2) is 9.97 Å². The molecule has 0 bridgehead atoms. The van der Waals surface area contributed by atoms with Crippen molar-refractivity contribution in [1.29, 1.82) is 0 Å². The SMILES string of the molecule is Cc1cc(C)n(CCCNc2nc(CN3CCOCC3)nc3sc(C)c(C)c23)n1. The largest absolute Gasteiger partial charge is 0.379 e. The third kappa shape index (κ3) is 4.60. The van der Waals surface area contributed by atoms with Gasteiger partial charge in [-0.05, 0) is 45.7 Å². The summed E-state index contributed by atoms with van der Waals surface area (Å²) < 4.78 is 7.54. The van der Waals surface area contributed by atoms with Crippen molar-refractivity contribution >= 4 is 27.4 Å². The smallest absolute Gasteiger partial charge is 0.146 e. The van der Waals surface area contributed by atoms with Gasteiger partial charge in [0, 0.05) is 36.8 Å². The molecule has 0 spiro atoms. The third-order valence-corrected chi connectivity index (χ3v) is 6.59. The molecular formula is C21H30N6OS. The van der Waals surface area contributed by atoms with Gasteiger partial charge in [-0.2, -0.15) is 5.10 Å². The predicted molar refractivity (Wildman–Crippen MR) is 118 cm³/mol. The van der Waals surface area contributed by atoms with E-state index in [-0.39, 0.29) is 0 Å². The van der Waals surface area contributed by atoms with E-state index in [9.17, 15) is 0 Å². The Morgan fingerprint density at radius 3 is 2.66 bits per heavy atom. The number of ether oxygens (including phenoxy) is 1. The Bertz CT molecular complexity index is 989. The highest BCUT2D eigenvalue weighted by molar-refractivity contribution is 7.18. The fourth-order valence-corrected chi connectivity index (χ4v) is 4.84. The van der Waals surface area contributed by atoms with Crippen LogP contribution in [0.1, 0.15) is 34.1 Å². The molecule has 4 heterocycles. The minimum Gasteiger partial charge on any atom is -0.379 e. The molecule has 3 aromatic rings. The molecule has 156 valence electrons. The zero-order valence-electron chi connectivity index (χ0n) is 17.8. The van der Waals surface area contributed by atoms with Crippen molar-refractivity contribution in [3.05, 3.63) is 33.7 Å². The quantitative estimate of drug-likeness (QED) is 0.597. The lowest BCUT2D eigenvalue weighted by Crippen LogP contribution is -2.36. The number of anilines is 1. The lowest BCUT2D eigenvalue weighted by molar-refractivity contribution is 0.0331. The molecule has 1 aliphatic rings. The van der Waals surface area contributed by atoms with Crippen molar-refractivity contribution in [3.63, 3.8) is 0 Å². The maximum absolute atomic E-state index is 5.46. The highest BCUT2D eigenvalue weighted by atomic mass is 32.1. The van der Waals surface area contributed by atoms with Crippen molar-refractivity contribution in [2.75, 3.05) is 38.2 Å². The van der Waals surface area contributed by atoms with Crippen LogP contribution in [-0.2, 0) is 17.8 Å². The number of nitrogens with one attached hydrogen (secondary N) is 1. The van der Waals surface area contributed by atoms with E-state index in [0.29, 0.717) is 0 Å². The molecule has 29 heavy (non-hydrogen) atoms. The zero-order chi connectivity index (χ0) is 20.4. The van der Waals surface area contributed by atoms with E-state index in [1.807, 2.05) is 6.92 Å². The molecule has 0 saturated carbocycles. The van der Waals surface area contributed by atoms with Crippen molar-refractivity contribution in [1.82, 2.24) is 24.6 Å². The van der Waals surface area contributed by atoms with E-state index in [0.717, 1.165) is 74.5 Å². The Hall–Kier alpha value is -2.03. The first-order valence-electron chi connectivity index (χ1n) is 10.3. The van der Waals surface area contributed by atoms with Crippen LogP contribution < -0.4 is 5.32 Å². The molecule has 4 rings (SSSR count). The topological polar surface area (TPSA) is 68.1 Å². The summed E-state index contributed by atoms with van der Waals surface area (Å²) >= 11 is 1.76. The zero-order valence-corrected chi connectivity index (χ0v) is 18.6. The summed E-state index contributed by atoms with van der Waals surface area (Å²) in [6.07, 6.45) is 0.994. The number of hydrogen-bond acceptors (Lipinski definition) is 7. The van der Waals surface area contributed by atoms with Gasteiger partial charge < -0.3 is 10.1 Å². The number of thiophene rings is 1. The Balaban J connectivity index is 1.49. The first-order valence-corrected chi connectivity index (χ1v) is 11.1. The standard InChI is InChI=1S/C21H30N6OS/c1-14-12-15(2)27(25-14)7-5-6-22-20-19-16(3)17(4)29-21(19)24-18(23-20)13-26-8-10-28-11-9-26/h12H,5-11,13H2,1-4H3,(H,22,23,24). The number of nitrogens with zero attached hydrogens (tertiary/aromatic N) is 5. The Kier molecular flexibility index (Phi) is 6.12. The molecule has 7 nitrogen and oxygen atoms in total. The summed E-state index contributed by atoms with van der Waals surface area (Å²) in [4.78, 5) is 14.5. The Labute approximate surface area is 176 Å². The summed E-state index contributed by atoms with van der Waals surface area (Å²) in [6, 6.07) is 2.12. The van der Waals surface area contributed by atoms with Crippen LogP contribution in [0.5, 0.6) is 0 Å². The van der Waals surface area contributed by atoms with E-state index in [2.05, 4.69) is 46.8 Å². The van der Waals surface area contributed by atoms with Crippen LogP contribution in [0.15, 0.2) is 6.07 Å². The van der Waals surface area contributed by atoms with Crippen molar-refractivity contribution in [2.24, 2.45) is 0 Å². The average molecular weight is 415 g/mol. The van der Waals surface area contributed by atoms with E-state index < -0.39 is 0 Å². The molecule has 0 aliphatic carbocycles. The predicted octanol–water partition coefficient (Wildman–Crippen LogP) is 3.46. The van der Waals surface area contributed by atoms with E-state index in [4.69, 9.17) is 14.7 Å². The van der Waals surface area contributed by atoms with Gasteiger partial charge >= 0.3 is 0 Å². The van der Waals surface area contributed by atoms with Crippen LogP contribution >= 0.6 is 11.3 Å². The van der Waals surface area contributed by atoms with Gasteiger partial charge in [0.05, 0.1) is 30.8 Å². The number of rotatable bonds is 7. The lowest BCUT2D eigenvalue weighted by atomic mass is 10.2. The van der Waals surface area contributed by atoms with Crippen LogP contribution in [0, 0.1) is 27.7 Å². The summed E-state index contributed by atoms with van der Waals surface area (Å²) in [7, 11) is 0. The second-order valence-corrected chi connectivity index (χ2v) is 8.97. The van der Waals surface area contributed by atoms with Gasteiger partial charge in [-0.3, -0.25) is 9.58 Å². The first kappa shape index (κ1) is 20.3. The second-order valence-electron chi connectivity index (χ2n) is 7.77. The van der Waals surface area contributed by atoms with Gasteiger partial charge in [-0.1, -0.05) is 0 Å².